The average molecular weight is 1050 g/mol. The Labute approximate surface area is 459 Å². The molecule has 0 saturated heterocycles. The van der Waals surface area contributed by atoms with Crippen LogP contribution in [-0.4, -0.2) is 0 Å². The van der Waals surface area contributed by atoms with Crippen molar-refractivity contribution in [3.8, 4) is 34.1 Å². The summed E-state index contributed by atoms with van der Waals surface area (Å²) in [6.45, 7) is 54.4. The molecule has 6 rings (SSSR count). The summed E-state index contributed by atoms with van der Waals surface area (Å²) in [5, 5.41) is 0.994. The maximum Gasteiger partial charge on any atom is 0.326 e. The minimum Gasteiger partial charge on any atom is -0.438 e. The summed E-state index contributed by atoms with van der Waals surface area (Å²) in [5.74, 6) is 3.44. The van der Waals surface area contributed by atoms with Crippen molar-refractivity contribution in [3.05, 3.63) is 171 Å². The molecule has 4 nitrogen and oxygen atoms in total. The lowest BCUT2D eigenvalue weighted by Crippen LogP contribution is -2.20. The van der Waals surface area contributed by atoms with Gasteiger partial charge in [-0.25, -0.2) is 0 Å². The molecule has 0 N–H and O–H groups in total. The molecule has 0 spiro atoms. The van der Waals surface area contributed by atoms with Gasteiger partial charge in [-0.2, -0.15) is 0 Å². The third kappa shape index (κ3) is 15.3. The van der Waals surface area contributed by atoms with Gasteiger partial charge in [0.2, 0.25) is 0 Å². The van der Waals surface area contributed by atoms with Gasteiger partial charge in [0, 0.05) is 22.3 Å². The molecule has 0 bridgehead atoms. The first-order valence-corrected chi connectivity index (χ1v) is 29.8. The van der Waals surface area contributed by atoms with Gasteiger partial charge in [-0.15, -0.1) is 0 Å². The van der Waals surface area contributed by atoms with Crippen LogP contribution in [0.1, 0.15) is 216 Å². The zero-order chi connectivity index (χ0) is 56.1. The highest BCUT2D eigenvalue weighted by atomic mass is 31.2. The monoisotopic (exact) mass is 1050 g/mol. The van der Waals surface area contributed by atoms with Gasteiger partial charge >= 0.3 is 8.38 Å². The first-order chi connectivity index (χ1) is 34.2. The number of hydrogen-bond acceptors (Lipinski definition) is 4. The van der Waals surface area contributed by atoms with Crippen LogP contribution in [0.2, 0.25) is 0 Å². The Hall–Kier alpha value is -4.62. The zero-order valence-corrected chi connectivity index (χ0v) is 52.6. The largest absolute Gasteiger partial charge is 0.438 e. The molecule has 0 saturated carbocycles. The number of rotatable bonds is 12. The standard InChI is InChI=1S/C69H94O4P2/c1-62(2,3)49-30-36-58(54(41-49)66(13,14)15)70-74(71-59-37-31-50(63(4,5)6)42-55(59)67(16,17)18)45-46-26-25-27-48(40-46)47-28-34-53(35-29-47)75(72-60-38-32-51(64(7,8)9)43-56(60)68(19,20)21)73-61-39-33-52(65(10,11)12)44-57(61)69(22,23)24/h25-44H,45H2,1-24H3. The van der Waals surface area contributed by atoms with Gasteiger partial charge in [-0.1, -0.05) is 251 Å². The van der Waals surface area contributed by atoms with E-state index in [0.29, 0.717) is 6.16 Å². The van der Waals surface area contributed by atoms with Crippen LogP contribution in [-0.2, 0) is 49.5 Å². The molecule has 0 heterocycles. The van der Waals surface area contributed by atoms with Crippen molar-refractivity contribution < 1.29 is 18.1 Å². The van der Waals surface area contributed by atoms with Gasteiger partial charge in [0.25, 0.3) is 8.38 Å². The second-order valence-electron chi connectivity index (χ2n) is 29.2. The van der Waals surface area contributed by atoms with Crippen molar-refractivity contribution in [1.82, 2.24) is 0 Å². The van der Waals surface area contributed by atoms with Crippen LogP contribution in [0.5, 0.6) is 23.0 Å². The summed E-state index contributed by atoms with van der Waals surface area (Å²) < 4.78 is 28.9. The molecule has 0 atom stereocenters. The second kappa shape index (κ2) is 21.7. The van der Waals surface area contributed by atoms with Crippen molar-refractivity contribution in [3.63, 3.8) is 0 Å². The van der Waals surface area contributed by atoms with Crippen LogP contribution < -0.4 is 23.4 Å². The Kier molecular flexibility index (Phi) is 17.2. The molecule has 404 valence electrons. The molecule has 0 radical (unpaired) electrons. The highest BCUT2D eigenvalue weighted by Gasteiger charge is 2.32. The molecule has 6 aromatic carbocycles. The molecule has 0 fully saturated rings. The molecule has 0 aliphatic rings. The molecule has 0 aliphatic heterocycles. The second-order valence-corrected chi connectivity index (χ2v) is 31.9. The fraction of sp³-hybridized carbons (Fsp3) is 0.478. The van der Waals surface area contributed by atoms with Gasteiger partial charge < -0.3 is 18.1 Å². The predicted molar refractivity (Wildman–Crippen MR) is 327 cm³/mol. The van der Waals surface area contributed by atoms with E-state index in [9.17, 15) is 0 Å². The van der Waals surface area contributed by atoms with Crippen LogP contribution in [0, 0.1) is 0 Å². The van der Waals surface area contributed by atoms with Gasteiger partial charge in [-0.3, -0.25) is 0 Å². The molecule has 0 aromatic heterocycles. The van der Waals surface area contributed by atoms with Gasteiger partial charge in [-0.05, 0) is 119 Å². The molecule has 6 aromatic rings. The molecule has 0 aliphatic carbocycles. The molecule has 75 heavy (non-hydrogen) atoms. The molecular weight excluding hydrogens is 955 g/mol. The highest BCUT2D eigenvalue weighted by Crippen LogP contribution is 2.51. The van der Waals surface area contributed by atoms with Gasteiger partial charge in [0.05, 0.1) is 11.5 Å². The van der Waals surface area contributed by atoms with Crippen LogP contribution in [0.3, 0.4) is 0 Å². The maximum atomic E-state index is 7.22. The van der Waals surface area contributed by atoms with Crippen molar-refractivity contribution >= 4 is 22.1 Å². The maximum absolute atomic E-state index is 7.22. The summed E-state index contributed by atoms with van der Waals surface area (Å²) in [5.41, 5.74) is 12.6. The van der Waals surface area contributed by atoms with E-state index in [1.54, 1.807) is 0 Å². The normalized spacial score (nSPS) is 13.4. The summed E-state index contributed by atoms with van der Waals surface area (Å²) in [7, 11) is -3.14. The summed E-state index contributed by atoms with van der Waals surface area (Å²) in [4.78, 5) is 0. The Morgan fingerprint density at radius 1 is 0.293 bits per heavy atom. The fourth-order valence-corrected chi connectivity index (χ4v) is 11.8. The van der Waals surface area contributed by atoms with E-state index in [1.807, 2.05) is 0 Å². The quantitative estimate of drug-likeness (QED) is 0.114. The first-order valence-electron chi connectivity index (χ1n) is 27.3. The third-order valence-corrected chi connectivity index (χ3v) is 16.9. The fourth-order valence-electron chi connectivity index (χ4n) is 9.03. The predicted octanol–water partition coefficient (Wildman–Crippen LogP) is 20.8. The van der Waals surface area contributed by atoms with Crippen molar-refractivity contribution in [2.75, 3.05) is 0 Å². The highest BCUT2D eigenvalue weighted by molar-refractivity contribution is 7.56. The van der Waals surface area contributed by atoms with E-state index in [-0.39, 0.29) is 43.3 Å². The molecule has 6 heteroatoms. The molecule has 0 amide bonds. The third-order valence-electron chi connectivity index (χ3n) is 14.0. The zero-order valence-electron chi connectivity index (χ0n) is 50.8. The topological polar surface area (TPSA) is 36.9 Å². The minimum atomic E-state index is -1.63. The van der Waals surface area contributed by atoms with E-state index >= 15 is 0 Å². The smallest absolute Gasteiger partial charge is 0.326 e. The number of hydrogen-bond donors (Lipinski definition) is 0. The van der Waals surface area contributed by atoms with E-state index in [0.717, 1.165) is 45.0 Å². The van der Waals surface area contributed by atoms with Gasteiger partial charge in [0.15, 0.2) is 0 Å². The van der Waals surface area contributed by atoms with E-state index < -0.39 is 16.8 Å². The van der Waals surface area contributed by atoms with E-state index in [4.69, 9.17) is 18.1 Å². The van der Waals surface area contributed by atoms with Crippen molar-refractivity contribution in [1.29, 1.82) is 0 Å². The first kappa shape index (κ1) is 59.6. The SMILES string of the molecule is CC(C)(C)c1ccc(OP(Cc2cccc(-c3ccc(P(Oc4ccc(C(C)(C)C)cc4C(C)(C)C)Oc4ccc(C(C)(C)C)cc4C(C)(C)C)cc3)c2)Oc2ccc(C(C)(C)C)cc2C(C)(C)C)c(C(C)(C)C)c1. The summed E-state index contributed by atoms with van der Waals surface area (Å²) >= 11 is 0. The van der Waals surface area contributed by atoms with E-state index in [2.05, 4.69) is 287 Å². The lowest BCUT2D eigenvalue weighted by molar-refractivity contribution is 0.456. The molecular formula is C69H94O4P2. The van der Waals surface area contributed by atoms with Crippen molar-refractivity contribution in [2.24, 2.45) is 0 Å². The van der Waals surface area contributed by atoms with Crippen LogP contribution >= 0.6 is 16.8 Å². The van der Waals surface area contributed by atoms with Crippen molar-refractivity contribution in [2.45, 2.75) is 216 Å². The Bertz CT molecular complexity index is 2770. The lowest BCUT2D eigenvalue weighted by atomic mass is 9.80. The molecule has 0 unspecified atom stereocenters. The van der Waals surface area contributed by atoms with Gasteiger partial charge in [0.1, 0.15) is 23.0 Å². The average Bonchev–Trinajstić information content (AvgIpc) is 3.26. The Balaban J connectivity index is 1.42. The summed E-state index contributed by atoms with van der Waals surface area (Å²) in [6, 6.07) is 44.5. The minimum absolute atomic E-state index is 0.000882. The Morgan fingerprint density at radius 2 is 0.600 bits per heavy atom. The Morgan fingerprint density at radius 3 is 0.893 bits per heavy atom. The lowest BCUT2D eigenvalue weighted by Gasteiger charge is -2.31. The van der Waals surface area contributed by atoms with Crippen LogP contribution in [0.4, 0.5) is 0 Å². The van der Waals surface area contributed by atoms with E-state index in [1.165, 1.54) is 44.5 Å². The summed E-state index contributed by atoms with van der Waals surface area (Å²) in [6.07, 6.45) is 0.595. The van der Waals surface area contributed by atoms with Crippen LogP contribution in [0.25, 0.3) is 11.1 Å². The van der Waals surface area contributed by atoms with Crippen LogP contribution in [0.15, 0.2) is 121 Å². The number of benzene rings is 6.